The van der Waals surface area contributed by atoms with Crippen molar-refractivity contribution in [3.63, 3.8) is 0 Å². The molecule has 0 aromatic heterocycles. The minimum atomic E-state index is 0.519. The second-order valence-corrected chi connectivity index (χ2v) is 7.24. The highest BCUT2D eigenvalue weighted by Gasteiger charge is 2.29. The van der Waals surface area contributed by atoms with Gasteiger partial charge in [0.25, 0.3) is 0 Å². The zero-order valence-electron chi connectivity index (χ0n) is 10.8. The first-order valence-corrected chi connectivity index (χ1v) is 6.29. The Morgan fingerprint density at radius 2 is 1.79 bits per heavy atom. The van der Waals surface area contributed by atoms with Crippen molar-refractivity contribution < 1.29 is 0 Å². The summed E-state index contributed by atoms with van der Waals surface area (Å²) in [6.45, 7) is 12.0. The molecule has 0 saturated heterocycles. The zero-order chi connectivity index (χ0) is 10.8. The third-order valence-corrected chi connectivity index (χ3v) is 3.46. The van der Waals surface area contributed by atoms with Crippen molar-refractivity contribution in [2.75, 3.05) is 0 Å². The Labute approximate surface area is 91.1 Å². The predicted molar refractivity (Wildman–Crippen MR) is 67.5 cm³/mol. The molecular weight excluding hydrogens is 167 g/mol. The first-order chi connectivity index (χ1) is 6.29. The van der Waals surface area contributed by atoms with E-state index in [0.29, 0.717) is 10.7 Å². The average molecular weight is 194 g/mol. The summed E-state index contributed by atoms with van der Waals surface area (Å²) in [5, 5.41) is 0.519. The summed E-state index contributed by atoms with van der Waals surface area (Å²) in [7, 11) is 1.41. The van der Waals surface area contributed by atoms with Crippen LogP contribution in [0.4, 0.5) is 0 Å². The predicted octanol–water partition coefficient (Wildman–Crippen LogP) is 4.42. The van der Waals surface area contributed by atoms with Crippen LogP contribution in [-0.2, 0) is 0 Å². The molecule has 0 bridgehead atoms. The molecule has 1 rings (SSSR count). The third-order valence-electron chi connectivity index (χ3n) is 3.46. The van der Waals surface area contributed by atoms with E-state index in [1.165, 1.54) is 39.4 Å². The summed E-state index contributed by atoms with van der Waals surface area (Å²) >= 11 is 0. The molecule has 0 amide bonds. The van der Waals surface area contributed by atoms with Gasteiger partial charge in [0.15, 0.2) is 0 Å². The van der Waals surface area contributed by atoms with Crippen molar-refractivity contribution in [2.24, 2.45) is 5.41 Å². The van der Waals surface area contributed by atoms with E-state index < -0.39 is 0 Å². The quantitative estimate of drug-likeness (QED) is 0.428. The Morgan fingerprint density at radius 3 is 2.36 bits per heavy atom. The number of hydrogen-bond donors (Lipinski definition) is 0. The Hall–Kier alpha value is 0.0649. The summed E-state index contributed by atoms with van der Waals surface area (Å²) in [5.41, 5.74) is 0.604. The van der Waals surface area contributed by atoms with Gasteiger partial charge in [0.05, 0.1) is 0 Å². The first kappa shape index (κ1) is 12.1. The van der Waals surface area contributed by atoms with Gasteiger partial charge in [-0.15, -0.1) is 0 Å². The van der Waals surface area contributed by atoms with Crippen LogP contribution in [0.25, 0.3) is 0 Å². The molecule has 0 aromatic rings. The third kappa shape index (κ3) is 4.53. The fraction of sp³-hybridized carbons (Fsp3) is 1.00. The van der Waals surface area contributed by atoms with Gasteiger partial charge in [-0.25, -0.2) is 0 Å². The summed E-state index contributed by atoms with van der Waals surface area (Å²) in [4.78, 5) is 0. The van der Waals surface area contributed by atoms with Crippen LogP contribution in [0.2, 0.25) is 11.1 Å². The molecule has 0 radical (unpaired) electrons. The second-order valence-electron chi connectivity index (χ2n) is 7.24. The molecule has 0 nitrogen and oxygen atoms in total. The van der Waals surface area contributed by atoms with Crippen LogP contribution in [-0.4, -0.2) is 7.28 Å². The monoisotopic (exact) mass is 194 g/mol. The summed E-state index contributed by atoms with van der Waals surface area (Å²) in [6.07, 6.45) is 7.27. The van der Waals surface area contributed by atoms with Crippen LogP contribution in [0.1, 0.15) is 66.7 Å². The topological polar surface area (TPSA) is 0 Å². The molecule has 0 aliphatic heterocycles. The van der Waals surface area contributed by atoms with E-state index in [1.54, 1.807) is 0 Å². The minimum absolute atomic E-state index is 0.519. The minimum Gasteiger partial charge on any atom is -0.0671 e. The van der Waals surface area contributed by atoms with Gasteiger partial charge in [-0.05, 0) is 11.8 Å². The molecular formula is C13H27B. The molecule has 1 saturated carbocycles. The summed E-state index contributed by atoms with van der Waals surface area (Å²) in [5.74, 6) is 0.979. The van der Waals surface area contributed by atoms with Crippen LogP contribution in [0.15, 0.2) is 0 Å². The van der Waals surface area contributed by atoms with Gasteiger partial charge >= 0.3 is 0 Å². The smallest absolute Gasteiger partial charge is 0.0671 e. The van der Waals surface area contributed by atoms with E-state index in [2.05, 4.69) is 34.6 Å². The van der Waals surface area contributed by atoms with Crippen molar-refractivity contribution in [3.8, 4) is 0 Å². The maximum absolute atomic E-state index is 2.45. The van der Waals surface area contributed by atoms with Gasteiger partial charge in [-0.2, -0.15) is 0 Å². The van der Waals surface area contributed by atoms with E-state index in [0.717, 1.165) is 5.82 Å². The largest absolute Gasteiger partial charge is 0.130 e. The van der Waals surface area contributed by atoms with Crippen molar-refractivity contribution in [3.05, 3.63) is 0 Å². The van der Waals surface area contributed by atoms with Crippen LogP contribution >= 0.6 is 0 Å². The standard InChI is InChI=1S/C13H27B/c1-12(2,3)14-11-8-6-7-9-13(4,5)10-11/h11,14H,6-10H2,1-5H3. The van der Waals surface area contributed by atoms with Crippen molar-refractivity contribution >= 4 is 7.28 Å². The van der Waals surface area contributed by atoms with Crippen LogP contribution in [0, 0.1) is 5.41 Å². The molecule has 0 spiro atoms. The molecule has 1 atom stereocenters. The van der Waals surface area contributed by atoms with Crippen LogP contribution in [0.3, 0.4) is 0 Å². The fourth-order valence-corrected chi connectivity index (χ4v) is 3.06. The Kier molecular flexibility index (Phi) is 3.72. The van der Waals surface area contributed by atoms with Gasteiger partial charge in [-0.1, -0.05) is 71.4 Å². The molecule has 1 aliphatic rings. The Bertz CT molecular complexity index is 176. The molecule has 1 aliphatic carbocycles. The molecule has 14 heavy (non-hydrogen) atoms. The molecule has 82 valence electrons. The number of rotatable bonds is 1. The van der Waals surface area contributed by atoms with Crippen LogP contribution < -0.4 is 0 Å². The highest BCUT2D eigenvalue weighted by Crippen LogP contribution is 2.42. The molecule has 0 aromatic carbocycles. The van der Waals surface area contributed by atoms with E-state index in [1.807, 2.05) is 0 Å². The van der Waals surface area contributed by atoms with E-state index in [9.17, 15) is 0 Å². The van der Waals surface area contributed by atoms with Gasteiger partial charge < -0.3 is 0 Å². The lowest BCUT2D eigenvalue weighted by Crippen LogP contribution is -2.20. The lowest BCUT2D eigenvalue weighted by Gasteiger charge is -2.29. The molecule has 0 heterocycles. The Morgan fingerprint density at radius 1 is 1.14 bits per heavy atom. The normalized spacial score (nSPS) is 28.2. The van der Waals surface area contributed by atoms with Crippen molar-refractivity contribution in [1.29, 1.82) is 0 Å². The summed E-state index contributed by atoms with van der Waals surface area (Å²) < 4.78 is 0. The maximum Gasteiger partial charge on any atom is 0.130 e. The van der Waals surface area contributed by atoms with Gasteiger partial charge in [-0.3, -0.25) is 0 Å². The Balaban J connectivity index is 2.52. The maximum atomic E-state index is 2.45. The molecule has 0 N–H and O–H groups in total. The lowest BCUT2D eigenvalue weighted by atomic mass is 9.45. The van der Waals surface area contributed by atoms with E-state index in [-0.39, 0.29) is 0 Å². The van der Waals surface area contributed by atoms with Crippen molar-refractivity contribution in [2.45, 2.75) is 77.9 Å². The van der Waals surface area contributed by atoms with Gasteiger partial charge in [0.2, 0.25) is 0 Å². The molecule has 1 unspecified atom stereocenters. The fourth-order valence-electron chi connectivity index (χ4n) is 3.06. The zero-order valence-corrected chi connectivity index (χ0v) is 10.8. The van der Waals surface area contributed by atoms with E-state index in [4.69, 9.17) is 0 Å². The summed E-state index contributed by atoms with van der Waals surface area (Å²) in [6, 6.07) is 0. The first-order valence-electron chi connectivity index (χ1n) is 6.29. The second kappa shape index (κ2) is 4.29. The van der Waals surface area contributed by atoms with Gasteiger partial charge in [0, 0.05) is 0 Å². The lowest BCUT2D eigenvalue weighted by molar-refractivity contribution is 0.313. The van der Waals surface area contributed by atoms with Gasteiger partial charge in [0.1, 0.15) is 7.28 Å². The molecule has 1 fully saturated rings. The highest BCUT2D eigenvalue weighted by atomic mass is 14.3. The highest BCUT2D eigenvalue weighted by molar-refractivity contribution is 6.41. The van der Waals surface area contributed by atoms with Crippen molar-refractivity contribution in [1.82, 2.24) is 0 Å². The number of hydrogen-bond acceptors (Lipinski definition) is 0. The van der Waals surface area contributed by atoms with Crippen LogP contribution in [0.5, 0.6) is 0 Å². The molecule has 1 heteroatoms. The van der Waals surface area contributed by atoms with E-state index >= 15 is 0 Å². The average Bonchev–Trinajstić information content (AvgIpc) is 2.06. The SMILES string of the molecule is CC(C)(C)BC1CCCCC(C)(C)C1.